The van der Waals surface area contributed by atoms with Gasteiger partial charge in [0.1, 0.15) is 0 Å². The fourth-order valence-electron chi connectivity index (χ4n) is 3.15. The van der Waals surface area contributed by atoms with Crippen molar-refractivity contribution in [3.05, 3.63) is 58.6 Å². The Morgan fingerprint density at radius 2 is 1.70 bits per heavy atom. The summed E-state index contributed by atoms with van der Waals surface area (Å²) in [5, 5.41) is 2.69. The summed E-state index contributed by atoms with van der Waals surface area (Å²) < 4.78 is 32.1. The summed E-state index contributed by atoms with van der Waals surface area (Å²) in [5.74, 6) is -0.681. The zero-order valence-corrected chi connectivity index (χ0v) is 19.1. The van der Waals surface area contributed by atoms with Crippen LogP contribution in [-0.2, 0) is 29.8 Å². The van der Waals surface area contributed by atoms with E-state index < -0.39 is 21.3 Å². The number of carbonyl (C=O) groups is 2. The van der Waals surface area contributed by atoms with Crippen LogP contribution in [-0.4, -0.2) is 44.8 Å². The highest BCUT2D eigenvalue weighted by Crippen LogP contribution is 2.49. The number of hydrogen-bond acceptors (Lipinski definition) is 5. The van der Waals surface area contributed by atoms with E-state index in [1.165, 1.54) is 19.2 Å². The lowest BCUT2D eigenvalue weighted by molar-refractivity contribution is -0.146. The zero-order valence-electron chi connectivity index (χ0n) is 16.7. The lowest BCUT2D eigenvalue weighted by Crippen LogP contribution is -2.35. The smallest absolute Gasteiger partial charge is 0.316 e. The SMILES string of the molecule is CCOC(=O)C1(c2ccc(NC(=O)CN(C)S(=O)(=O)c3ccc(Br)cc3)cc2)CC1. The summed E-state index contributed by atoms with van der Waals surface area (Å²) >= 11 is 3.27. The fourth-order valence-corrected chi connectivity index (χ4v) is 4.54. The minimum absolute atomic E-state index is 0.110. The Morgan fingerprint density at radius 1 is 1.10 bits per heavy atom. The van der Waals surface area contributed by atoms with Crippen LogP contribution in [0.2, 0.25) is 0 Å². The van der Waals surface area contributed by atoms with Crippen LogP contribution in [0.25, 0.3) is 0 Å². The molecule has 9 heteroatoms. The lowest BCUT2D eigenvalue weighted by atomic mass is 9.96. The van der Waals surface area contributed by atoms with Gasteiger partial charge in [-0.05, 0) is 61.7 Å². The normalized spacial score (nSPS) is 14.9. The molecular formula is C21H23BrN2O5S. The first-order valence-corrected chi connectivity index (χ1v) is 11.7. The van der Waals surface area contributed by atoms with E-state index in [0.29, 0.717) is 12.3 Å². The van der Waals surface area contributed by atoms with E-state index in [1.54, 1.807) is 43.3 Å². The molecular weight excluding hydrogens is 472 g/mol. The Kier molecular flexibility index (Phi) is 6.64. The molecule has 0 aromatic heterocycles. The van der Waals surface area contributed by atoms with E-state index in [-0.39, 0.29) is 17.4 Å². The van der Waals surface area contributed by atoms with Crippen molar-refractivity contribution in [3.8, 4) is 0 Å². The molecule has 1 N–H and O–H groups in total. The van der Waals surface area contributed by atoms with Crippen LogP contribution in [0, 0.1) is 0 Å². The maximum atomic E-state index is 12.6. The second kappa shape index (κ2) is 8.87. The number of nitrogens with one attached hydrogen (secondary N) is 1. The van der Waals surface area contributed by atoms with Gasteiger partial charge in [0, 0.05) is 17.2 Å². The number of nitrogens with zero attached hydrogens (tertiary/aromatic N) is 1. The third-order valence-electron chi connectivity index (χ3n) is 5.03. The highest BCUT2D eigenvalue weighted by atomic mass is 79.9. The van der Waals surface area contributed by atoms with Crippen molar-refractivity contribution in [1.82, 2.24) is 4.31 Å². The van der Waals surface area contributed by atoms with Gasteiger partial charge in [-0.25, -0.2) is 8.42 Å². The number of esters is 1. The molecule has 2 aromatic carbocycles. The van der Waals surface area contributed by atoms with E-state index in [4.69, 9.17) is 4.74 Å². The molecule has 1 aliphatic rings. The van der Waals surface area contributed by atoms with E-state index in [2.05, 4.69) is 21.2 Å². The average molecular weight is 495 g/mol. The molecule has 0 atom stereocenters. The Hall–Kier alpha value is -2.23. The fraction of sp³-hybridized carbons (Fsp3) is 0.333. The first-order chi connectivity index (χ1) is 14.2. The number of halogens is 1. The summed E-state index contributed by atoms with van der Waals surface area (Å²) in [7, 11) is -2.42. The standard InChI is InChI=1S/C21H23BrN2O5S/c1-3-29-20(26)21(12-13-21)15-4-8-17(9-5-15)23-19(25)14-24(2)30(27,28)18-10-6-16(22)7-11-18/h4-11H,3,12-14H2,1-2H3,(H,23,25). The van der Waals surface area contributed by atoms with Gasteiger partial charge >= 0.3 is 5.97 Å². The molecule has 0 saturated heterocycles. The maximum Gasteiger partial charge on any atom is 0.316 e. The zero-order chi connectivity index (χ0) is 21.9. The highest BCUT2D eigenvalue weighted by Gasteiger charge is 2.52. The van der Waals surface area contributed by atoms with Crippen molar-refractivity contribution in [2.75, 3.05) is 25.5 Å². The van der Waals surface area contributed by atoms with Crippen LogP contribution in [0.1, 0.15) is 25.3 Å². The molecule has 3 rings (SSSR count). The number of sulfonamides is 1. The molecule has 0 aliphatic heterocycles. The third kappa shape index (κ3) is 4.74. The maximum absolute atomic E-state index is 12.6. The van der Waals surface area contributed by atoms with E-state index in [0.717, 1.165) is 27.2 Å². The highest BCUT2D eigenvalue weighted by molar-refractivity contribution is 9.10. The van der Waals surface area contributed by atoms with Gasteiger partial charge in [0.15, 0.2) is 0 Å². The monoisotopic (exact) mass is 494 g/mol. The van der Waals surface area contributed by atoms with Crippen molar-refractivity contribution in [1.29, 1.82) is 0 Å². The molecule has 1 fully saturated rings. The van der Waals surface area contributed by atoms with Crippen molar-refractivity contribution in [3.63, 3.8) is 0 Å². The molecule has 0 bridgehead atoms. The van der Waals surface area contributed by atoms with Gasteiger partial charge in [-0.3, -0.25) is 9.59 Å². The Morgan fingerprint density at radius 3 is 2.23 bits per heavy atom. The van der Waals surface area contributed by atoms with Gasteiger partial charge in [0.05, 0.1) is 23.5 Å². The molecule has 1 amide bonds. The largest absolute Gasteiger partial charge is 0.465 e. The van der Waals surface area contributed by atoms with E-state index >= 15 is 0 Å². The molecule has 0 radical (unpaired) electrons. The number of hydrogen-bond donors (Lipinski definition) is 1. The number of ether oxygens (including phenoxy) is 1. The number of anilines is 1. The minimum Gasteiger partial charge on any atom is -0.465 e. The lowest BCUT2D eigenvalue weighted by Gasteiger charge is -2.17. The summed E-state index contributed by atoms with van der Waals surface area (Å²) in [5.41, 5.74) is 0.809. The van der Waals surface area contributed by atoms with Gasteiger partial charge in [-0.2, -0.15) is 4.31 Å². The quantitative estimate of drug-likeness (QED) is 0.568. The van der Waals surface area contributed by atoms with Crippen LogP contribution >= 0.6 is 15.9 Å². The van der Waals surface area contributed by atoms with Crippen molar-refractivity contribution < 1.29 is 22.7 Å². The average Bonchev–Trinajstić information content (AvgIpc) is 3.51. The molecule has 0 unspecified atom stereocenters. The molecule has 30 heavy (non-hydrogen) atoms. The second-order valence-electron chi connectivity index (χ2n) is 7.14. The number of benzene rings is 2. The van der Waals surface area contributed by atoms with Crippen LogP contribution in [0.3, 0.4) is 0 Å². The molecule has 1 saturated carbocycles. The predicted molar refractivity (Wildman–Crippen MR) is 117 cm³/mol. The van der Waals surface area contributed by atoms with E-state index in [1.807, 2.05) is 0 Å². The first kappa shape index (κ1) is 22.5. The van der Waals surface area contributed by atoms with Crippen LogP contribution in [0.15, 0.2) is 57.9 Å². The summed E-state index contributed by atoms with van der Waals surface area (Å²) in [6.45, 7) is 1.79. The Labute approximate surface area is 184 Å². The third-order valence-corrected chi connectivity index (χ3v) is 7.37. The summed E-state index contributed by atoms with van der Waals surface area (Å²) in [6.07, 6.45) is 1.49. The van der Waals surface area contributed by atoms with Crippen LogP contribution < -0.4 is 5.32 Å². The number of carbonyl (C=O) groups excluding carboxylic acids is 2. The predicted octanol–water partition coefficient (Wildman–Crippen LogP) is 3.30. The van der Waals surface area contributed by atoms with E-state index in [9.17, 15) is 18.0 Å². The Balaban J connectivity index is 1.62. The molecule has 1 aliphatic carbocycles. The molecule has 0 heterocycles. The topological polar surface area (TPSA) is 92.8 Å². The molecule has 160 valence electrons. The molecule has 2 aromatic rings. The summed E-state index contributed by atoms with van der Waals surface area (Å²) in [4.78, 5) is 24.6. The number of amides is 1. The number of rotatable bonds is 8. The first-order valence-electron chi connectivity index (χ1n) is 9.48. The van der Waals surface area contributed by atoms with Gasteiger partial charge in [-0.1, -0.05) is 28.1 Å². The minimum atomic E-state index is -3.78. The van der Waals surface area contributed by atoms with Crippen molar-refractivity contribution in [2.24, 2.45) is 0 Å². The van der Waals surface area contributed by atoms with Crippen LogP contribution in [0.4, 0.5) is 5.69 Å². The van der Waals surface area contributed by atoms with Gasteiger partial charge in [0.2, 0.25) is 15.9 Å². The Bertz CT molecular complexity index is 1030. The summed E-state index contributed by atoms with van der Waals surface area (Å²) in [6, 6.07) is 13.2. The van der Waals surface area contributed by atoms with Gasteiger partial charge < -0.3 is 10.1 Å². The number of likely N-dealkylation sites (N-methyl/N-ethyl adjacent to an activating group) is 1. The van der Waals surface area contributed by atoms with Gasteiger partial charge in [-0.15, -0.1) is 0 Å². The molecule has 0 spiro atoms. The van der Waals surface area contributed by atoms with Gasteiger partial charge in [0.25, 0.3) is 0 Å². The second-order valence-corrected chi connectivity index (χ2v) is 10.1. The van der Waals surface area contributed by atoms with Crippen LogP contribution in [0.5, 0.6) is 0 Å². The van der Waals surface area contributed by atoms with Crippen molar-refractivity contribution >= 4 is 43.5 Å². The van der Waals surface area contributed by atoms with Crippen molar-refractivity contribution in [2.45, 2.75) is 30.1 Å². The molecule has 7 nitrogen and oxygen atoms in total.